The van der Waals surface area contributed by atoms with Crippen LogP contribution in [0.15, 0.2) is 58.8 Å². The second-order valence-corrected chi connectivity index (χ2v) is 9.98. The first kappa shape index (κ1) is 28.1. The number of benzene rings is 1. The van der Waals surface area contributed by atoms with Crippen LogP contribution in [0.5, 0.6) is 0 Å². The molecule has 1 saturated heterocycles. The van der Waals surface area contributed by atoms with Crippen LogP contribution in [0.4, 0.5) is 30.5 Å². The maximum atomic E-state index is 13.5. The molecule has 0 aliphatic carbocycles. The van der Waals surface area contributed by atoms with Crippen LogP contribution in [-0.4, -0.2) is 61.5 Å². The number of rotatable bonds is 8. The molecule has 4 heterocycles. The van der Waals surface area contributed by atoms with E-state index in [0.717, 1.165) is 0 Å². The fraction of sp³-hybridized carbons (Fsp3) is 0.370. The van der Waals surface area contributed by atoms with Crippen molar-refractivity contribution in [2.24, 2.45) is 0 Å². The Kier molecular flexibility index (Phi) is 7.67. The van der Waals surface area contributed by atoms with E-state index in [9.17, 15) is 22.8 Å². The third-order valence-corrected chi connectivity index (χ3v) is 6.68. The van der Waals surface area contributed by atoms with Crippen LogP contribution in [0.3, 0.4) is 0 Å². The number of nitrogens with one attached hydrogen (secondary N) is 2. The van der Waals surface area contributed by atoms with E-state index >= 15 is 0 Å². The highest BCUT2D eigenvalue weighted by molar-refractivity contribution is 5.77. The predicted molar refractivity (Wildman–Crippen MR) is 150 cm³/mol. The molecular formula is C27H30F3N9O2. The zero-order valence-corrected chi connectivity index (χ0v) is 22.6. The van der Waals surface area contributed by atoms with Crippen molar-refractivity contribution < 1.29 is 13.2 Å². The summed E-state index contributed by atoms with van der Waals surface area (Å²) in [5.74, 6) is 0.358. The molecule has 1 aliphatic heterocycles. The van der Waals surface area contributed by atoms with Crippen molar-refractivity contribution in [2.75, 3.05) is 36.4 Å². The van der Waals surface area contributed by atoms with Crippen molar-refractivity contribution >= 4 is 28.4 Å². The molecule has 3 aromatic heterocycles. The highest BCUT2D eigenvalue weighted by atomic mass is 19.4. The number of alkyl halides is 3. The summed E-state index contributed by atoms with van der Waals surface area (Å²) in [6.07, 6.45) is -2.57. The van der Waals surface area contributed by atoms with Gasteiger partial charge in [0.2, 0.25) is 5.95 Å². The molecule has 0 bridgehead atoms. The number of fused-ring (bicyclic) bond motifs is 1. The molecule has 0 amide bonds. The fourth-order valence-electron chi connectivity index (χ4n) is 4.87. The lowest BCUT2D eigenvalue weighted by Crippen LogP contribution is -2.44. The van der Waals surface area contributed by atoms with Gasteiger partial charge in [-0.05, 0) is 43.7 Å². The van der Waals surface area contributed by atoms with Crippen LogP contribution in [0.1, 0.15) is 25.5 Å². The molecule has 0 atom stereocenters. The smallest absolute Gasteiger partial charge is 0.369 e. The average Bonchev–Trinajstić information content (AvgIpc) is 3.19. The van der Waals surface area contributed by atoms with Crippen molar-refractivity contribution in [1.82, 2.24) is 34.4 Å². The molecule has 0 saturated carbocycles. The van der Waals surface area contributed by atoms with Gasteiger partial charge in [0, 0.05) is 49.8 Å². The Balaban J connectivity index is 1.58. The SMILES string of the molecule is C=CCn1c(=O)c2cnc(Nc3ccc(N4CCNCC4)c(CC(F)(F)F)c3)nc2n1-c1ccc(=O)n(C(C)C)n1. The number of nitrogens with zero attached hydrogens (tertiary/aromatic N) is 7. The van der Waals surface area contributed by atoms with Gasteiger partial charge in [-0.15, -0.1) is 11.7 Å². The van der Waals surface area contributed by atoms with Crippen molar-refractivity contribution in [2.45, 2.75) is 39.0 Å². The average molecular weight is 570 g/mol. The second-order valence-electron chi connectivity index (χ2n) is 9.98. The third kappa shape index (κ3) is 5.87. The summed E-state index contributed by atoms with van der Waals surface area (Å²) in [7, 11) is 0. The molecule has 4 aromatic rings. The zero-order valence-electron chi connectivity index (χ0n) is 22.6. The van der Waals surface area contributed by atoms with E-state index in [1.165, 1.54) is 38.4 Å². The Labute approximate surface area is 232 Å². The predicted octanol–water partition coefficient (Wildman–Crippen LogP) is 3.16. The lowest BCUT2D eigenvalue weighted by Gasteiger charge is -2.31. The Morgan fingerprint density at radius 2 is 1.90 bits per heavy atom. The van der Waals surface area contributed by atoms with Gasteiger partial charge >= 0.3 is 6.18 Å². The van der Waals surface area contributed by atoms with Gasteiger partial charge in [-0.3, -0.25) is 9.59 Å². The van der Waals surface area contributed by atoms with Crippen molar-refractivity contribution in [1.29, 1.82) is 0 Å². The molecule has 11 nitrogen and oxygen atoms in total. The summed E-state index contributed by atoms with van der Waals surface area (Å²) in [6, 6.07) is 7.43. The zero-order chi connectivity index (χ0) is 29.3. The third-order valence-electron chi connectivity index (χ3n) is 6.68. The monoisotopic (exact) mass is 569 g/mol. The summed E-state index contributed by atoms with van der Waals surface area (Å²) < 4.78 is 44.6. The molecule has 0 radical (unpaired) electrons. The Bertz CT molecular complexity index is 1700. The lowest BCUT2D eigenvalue weighted by atomic mass is 10.1. The van der Waals surface area contributed by atoms with Crippen molar-refractivity contribution in [3.8, 4) is 5.82 Å². The van der Waals surface area contributed by atoms with Crippen molar-refractivity contribution in [3.05, 3.63) is 75.5 Å². The summed E-state index contributed by atoms with van der Waals surface area (Å²) >= 11 is 0. The highest BCUT2D eigenvalue weighted by Gasteiger charge is 2.30. The first-order valence-corrected chi connectivity index (χ1v) is 13.2. The van der Waals surface area contributed by atoms with Crippen LogP contribution in [0, 0.1) is 0 Å². The lowest BCUT2D eigenvalue weighted by molar-refractivity contribution is -0.127. The van der Waals surface area contributed by atoms with E-state index in [-0.39, 0.29) is 52.1 Å². The molecule has 1 aliphatic rings. The topological polar surface area (TPSA) is 115 Å². The maximum absolute atomic E-state index is 13.5. The largest absolute Gasteiger partial charge is 0.393 e. The van der Waals surface area contributed by atoms with Gasteiger partial charge in [0.1, 0.15) is 5.39 Å². The van der Waals surface area contributed by atoms with Gasteiger partial charge in [-0.2, -0.15) is 18.2 Å². The van der Waals surface area contributed by atoms with Crippen LogP contribution in [0.2, 0.25) is 0 Å². The normalized spacial score (nSPS) is 14.1. The molecule has 1 aromatic carbocycles. The van der Waals surface area contributed by atoms with E-state index < -0.39 is 12.6 Å². The van der Waals surface area contributed by atoms with Gasteiger partial charge in [0.25, 0.3) is 11.1 Å². The van der Waals surface area contributed by atoms with Gasteiger partial charge in [-0.1, -0.05) is 6.08 Å². The molecule has 0 spiro atoms. The van der Waals surface area contributed by atoms with E-state index in [4.69, 9.17) is 0 Å². The van der Waals surface area contributed by atoms with E-state index in [0.29, 0.717) is 37.6 Å². The number of piperazine rings is 1. The number of aromatic nitrogens is 6. The number of halogens is 3. The molecular weight excluding hydrogens is 539 g/mol. The summed E-state index contributed by atoms with van der Waals surface area (Å²) in [6.45, 7) is 10.1. The van der Waals surface area contributed by atoms with Gasteiger partial charge in [-0.25, -0.2) is 19.0 Å². The Morgan fingerprint density at radius 1 is 1.15 bits per heavy atom. The van der Waals surface area contributed by atoms with Crippen LogP contribution < -0.4 is 26.7 Å². The van der Waals surface area contributed by atoms with Gasteiger partial charge < -0.3 is 15.5 Å². The van der Waals surface area contributed by atoms with Gasteiger partial charge in [0.05, 0.1) is 19.0 Å². The molecule has 1 fully saturated rings. The van der Waals surface area contributed by atoms with Crippen LogP contribution in [-0.2, 0) is 13.0 Å². The Morgan fingerprint density at radius 3 is 2.59 bits per heavy atom. The summed E-state index contributed by atoms with van der Waals surface area (Å²) in [4.78, 5) is 36.3. The Hall–Kier alpha value is -4.46. The number of hydrogen-bond donors (Lipinski definition) is 2. The fourth-order valence-corrected chi connectivity index (χ4v) is 4.87. The number of anilines is 3. The number of allylic oxidation sites excluding steroid dienone is 1. The van der Waals surface area contributed by atoms with E-state index in [1.54, 1.807) is 18.2 Å². The maximum Gasteiger partial charge on any atom is 0.393 e. The molecule has 14 heteroatoms. The van der Waals surface area contributed by atoms with Gasteiger partial charge in [0.15, 0.2) is 11.5 Å². The molecule has 2 N–H and O–H groups in total. The quantitative estimate of drug-likeness (QED) is 0.311. The molecule has 5 rings (SSSR count). The number of hydrogen-bond acceptors (Lipinski definition) is 8. The van der Waals surface area contributed by atoms with Crippen LogP contribution >= 0.6 is 0 Å². The van der Waals surface area contributed by atoms with E-state index in [2.05, 4.69) is 32.3 Å². The standard InChI is InChI=1S/C27H30F3N9O2/c1-4-11-37-25(41)20-16-32-26(34-24(20)39(37)22-7-8-23(40)38(35-22)17(2)3)33-19-5-6-21(36-12-9-31-10-13-36)18(14-19)15-27(28,29)30/h4-8,14,16-17,31H,1,9-13,15H2,2-3H3,(H,32,33,34). The molecule has 216 valence electrons. The molecule has 0 unspecified atom stereocenters. The first-order chi connectivity index (χ1) is 19.6. The minimum atomic E-state index is -4.39. The van der Waals surface area contributed by atoms with Crippen LogP contribution in [0.25, 0.3) is 16.9 Å². The first-order valence-electron chi connectivity index (χ1n) is 13.2. The summed E-state index contributed by atoms with van der Waals surface area (Å²) in [5, 5.41) is 10.8. The van der Waals surface area contributed by atoms with Crippen molar-refractivity contribution in [3.63, 3.8) is 0 Å². The second kappa shape index (κ2) is 11.2. The molecule has 41 heavy (non-hydrogen) atoms. The van der Waals surface area contributed by atoms with E-state index in [1.807, 2.05) is 18.7 Å². The minimum Gasteiger partial charge on any atom is -0.369 e. The highest BCUT2D eigenvalue weighted by Crippen LogP contribution is 2.32. The summed E-state index contributed by atoms with van der Waals surface area (Å²) in [5.41, 5.74) is 0.571. The minimum absolute atomic E-state index is 0.0760.